The molecule has 0 rings (SSSR count). The second-order valence-corrected chi connectivity index (χ2v) is 4.04. The lowest BCUT2D eigenvalue weighted by Gasteiger charge is -2.25. The zero-order chi connectivity index (χ0) is 14.3. The molecule has 106 valence electrons. The molecule has 1 amide bonds. The molecule has 0 aromatic heterocycles. The molecule has 0 aliphatic heterocycles. The minimum atomic E-state index is -4.92. The highest BCUT2D eigenvalue weighted by atomic mass is 19.4. The maximum Gasteiger partial charge on any atom is 0.471 e. The SMILES string of the molecule is CCCCOC(=O)CC(C)N(C)C(=O)C(F)(F)F. The number of alkyl halides is 3. The summed E-state index contributed by atoms with van der Waals surface area (Å²) in [6.07, 6.45) is -3.61. The first-order valence-corrected chi connectivity index (χ1v) is 5.69. The van der Waals surface area contributed by atoms with Gasteiger partial charge in [0.2, 0.25) is 0 Å². The van der Waals surface area contributed by atoms with E-state index >= 15 is 0 Å². The van der Waals surface area contributed by atoms with Gasteiger partial charge in [0.1, 0.15) is 0 Å². The maximum atomic E-state index is 12.1. The Kier molecular flexibility index (Phi) is 6.72. The molecule has 0 saturated carbocycles. The largest absolute Gasteiger partial charge is 0.471 e. The van der Waals surface area contributed by atoms with E-state index in [9.17, 15) is 22.8 Å². The van der Waals surface area contributed by atoms with Gasteiger partial charge in [-0.05, 0) is 13.3 Å². The van der Waals surface area contributed by atoms with Crippen LogP contribution in [0, 0.1) is 0 Å². The van der Waals surface area contributed by atoms with Crippen LogP contribution in [0.15, 0.2) is 0 Å². The molecule has 0 saturated heterocycles. The van der Waals surface area contributed by atoms with Crippen LogP contribution in [-0.4, -0.2) is 42.6 Å². The maximum absolute atomic E-state index is 12.1. The van der Waals surface area contributed by atoms with Gasteiger partial charge in [-0.15, -0.1) is 0 Å². The molecule has 7 heteroatoms. The van der Waals surface area contributed by atoms with Gasteiger partial charge in [-0.3, -0.25) is 9.59 Å². The Morgan fingerprint density at radius 3 is 2.33 bits per heavy atom. The lowest BCUT2D eigenvalue weighted by Crippen LogP contribution is -2.44. The fourth-order valence-corrected chi connectivity index (χ4v) is 1.17. The highest BCUT2D eigenvalue weighted by Gasteiger charge is 2.42. The molecule has 0 bridgehead atoms. The number of hydrogen-bond donors (Lipinski definition) is 0. The van der Waals surface area contributed by atoms with Gasteiger partial charge in [0.25, 0.3) is 0 Å². The van der Waals surface area contributed by atoms with E-state index in [0.717, 1.165) is 13.5 Å². The first-order chi connectivity index (χ1) is 8.20. The highest BCUT2D eigenvalue weighted by molar-refractivity contribution is 5.82. The summed E-state index contributed by atoms with van der Waals surface area (Å²) < 4.78 is 41.2. The monoisotopic (exact) mass is 269 g/mol. The third-order valence-corrected chi connectivity index (χ3v) is 2.45. The topological polar surface area (TPSA) is 46.6 Å². The number of hydrogen-bond acceptors (Lipinski definition) is 3. The molecular weight excluding hydrogens is 251 g/mol. The average Bonchev–Trinajstić information content (AvgIpc) is 2.26. The van der Waals surface area contributed by atoms with Crippen molar-refractivity contribution in [2.75, 3.05) is 13.7 Å². The predicted molar refractivity (Wildman–Crippen MR) is 58.8 cm³/mol. The number of nitrogens with zero attached hydrogens (tertiary/aromatic N) is 1. The molecule has 0 heterocycles. The minimum Gasteiger partial charge on any atom is -0.466 e. The highest BCUT2D eigenvalue weighted by Crippen LogP contribution is 2.19. The van der Waals surface area contributed by atoms with E-state index in [1.807, 2.05) is 6.92 Å². The molecule has 0 spiro atoms. The van der Waals surface area contributed by atoms with E-state index in [2.05, 4.69) is 0 Å². The van der Waals surface area contributed by atoms with Gasteiger partial charge in [0.15, 0.2) is 0 Å². The average molecular weight is 269 g/mol. The Morgan fingerprint density at radius 1 is 1.33 bits per heavy atom. The Morgan fingerprint density at radius 2 is 1.89 bits per heavy atom. The van der Waals surface area contributed by atoms with Crippen molar-refractivity contribution in [3.63, 3.8) is 0 Å². The molecule has 1 atom stereocenters. The van der Waals surface area contributed by atoms with Crippen LogP contribution >= 0.6 is 0 Å². The van der Waals surface area contributed by atoms with Crippen LogP contribution in [0.2, 0.25) is 0 Å². The summed E-state index contributed by atoms with van der Waals surface area (Å²) in [7, 11) is 1.01. The molecule has 4 nitrogen and oxygen atoms in total. The Bertz CT molecular complexity index is 292. The van der Waals surface area contributed by atoms with E-state index in [4.69, 9.17) is 4.74 Å². The molecule has 0 aromatic carbocycles. The summed E-state index contributed by atoms with van der Waals surface area (Å²) in [6, 6.07) is -0.853. The van der Waals surface area contributed by atoms with E-state index in [1.54, 1.807) is 0 Å². The van der Waals surface area contributed by atoms with Crippen molar-refractivity contribution in [3.8, 4) is 0 Å². The van der Waals surface area contributed by atoms with Crippen LogP contribution < -0.4 is 0 Å². The van der Waals surface area contributed by atoms with Crippen LogP contribution in [-0.2, 0) is 14.3 Å². The second kappa shape index (κ2) is 7.23. The first-order valence-electron chi connectivity index (χ1n) is 5.69. The summed E-state index contributed by atoms with van der Waals surface area (Å²) in [4.78, 5) is 22.7. The third-order valence-electron chi connectivity index (χ3n) is 2.45. The summed E-state index contributed by atoms with van der Waals surface area (Å²) >= 11 is 0. The molecular formula is C11H18F3NO3. The molecule has 0 aliphatic rings. The Hall–Kier alpha value is -1.27. The Balaban J connectivity index is 4.19. The molecule has 0 aromatic rings. The van der Waals surface area contributed by atoms with Crippen molar-refractivity contribution in [2.24, 2.45) is 0 Å². The first kappa shape index (κ1) is 16.7. The van der Waals surface area contributed by atoms with Gasteiger partial charge >= 0.3 is 18.1 Å². The predicted octanol–water partition coefficient (Wildman–Crippen LogP) is 2.13. The van der Waals surface area contributed by atoms with Crippen LogP contribution in [0.3, 0.4) is 0 Å². The van der Waals surface area contributed by atoms with Gasteiger partial charge in [-0.1, -0.05) is 13.3 Å². The van der Waals surface area contributed by atoms with Crippen molar-refractivity contribution < 1.29 is 27.5 Å². The van der Waals surface area contributed by atoms with Gasteiger partial charge in [-0.25, -0.2) is 0 Å². The molecule has 0 fully saturated rings. The minimum absolute atomic E-state index is 0.248. The van der Waals surface area contributed by atoms with Crippen LogP contribution in [0.4, 0.5) is 13.2 Å². The zero-order valence-electron chi connectivity index (χ0n) is 10.7. The second-order valence-electron chi connectivity index (χ2n) is 4.04. The molecule has 1 unspecified atom stereocenters. The number of carbonyl (C=O) groups is 2. The van der Waals surface area contributed by atoms with Gasteiger partial charge in [-0.2, -0.15) is 13.2 Å². The molecule has 0 N–H and O–H groups in total. The molecule has 18 heavy (non-hydrogen) atoms. The summed E-state index contributed by atoms with van der Waals surface area (Å²) in [5.74, 6) is -2.56. The number of amides is 1. The summed E-state index contributed by atoms with van der Waals surface area (Å²) in [5, 5.41) is 0. The van der Waals surface area contributed by atoms with Crippen molar-refractivity contribution >= 4 is 11.9 Å². The van der Waals surface area contributed by atoms with Crippen LogP contribution in [0.5, 0.6) is 0 Å². The quantitative estimate of drug-likeness (QED) is 0.548. The number of ether oxygens (including phenoxy) is 1. The zero-order valence-corrected chi connectivity index (χ0v) is 10.7. The number of rotatable bonds is 6. The lowest BCUT2D eigenvalue weighted by atomic mass is 10.2. The van der Waals surface area contributed by atoms with Gasteiger partial charge in [0.05, 0.1) is 13.0 Å². The van der Waals surface area contributed by atoms with E-state index < -0.39 is 24.1 Å². The number of carbonyl (C=O) groups excluding carboxylic acids is 2. The smallest absolute Gasteiger partial charge is 0.466 e. The molecule has 0 radical (unpaired) electrons. The van der Waals surface area contributed by atoms with Crippen molar-refractivity contribution in [1.29, 1.82) is 0 Å². The van der Waals surface area contributed by atoms with E-state index in [-0.39, 0.29) is 13.0 Å². The van der Waals surface area contributed by atoms with Crippen LogP contribution in [0.25, 0.3) is 0 Å². The van der Waals surface area contributed by atoms with Gasteiger partial charge < -0.3 is 9.64 Å². The summed E-state index contributed by atoms with van der Waals surface area (Å²) in [5.41, 5.74) is 0. The Labute approximate surface area is 104 Å². The fraction of sp³-hybridized carbons (Fsp3) is 0.818. The normalized spacial score (nSPS) is 13.0. The standard InChI is InChI=1S/C11H18F3NO3/c1-4-5-6-18-9(16)7-8(2)15(3)10(17)11(12,13)14/h8H,4-7H2,1-3H3. The van der Waals surface area contributed by atoms with E-state index in [0.29, 0.717) is 11.3 Å². The lowest BCUT2D eigenvalue weighted by molar-refractivity contribution is -0.186. The van der Waals surface area contributed by atoms with Crippen molar-refractivity contribution in [3.05, 3.63) is 0 Å². The van der Waals surface area contributed by atoms with Gasteiger partial charge in [0, 0.05) is 13.1 Å². The number of halogens is 3. The molecule has 0 aliphatic carbocycles. The fourth-order valence-electron chi connectivity index (χ4n) is 1.17. The number of unbranched alkanes of at least 4 members (excludes halogenated alkanes) is 1. The van der Waals surface area contributed by atoms with Crippen molar-refractivity contribution in [2.45, 2.75) is 45.3 Å². The third kappa shape index (κ3) is 5.88. The van der Waals surface area contributed by atoms with E-state index in [1.165, 1.54) is 6.92 Å². The van der Waals surface area contributed by atoms with Crippen molar-refractivity contribution in [1.82, 2.24) is 4.90 Å². The van der Waals surface area contributed by atoms with Crippen LogP contribution in [0.1, 0.15) is 33.1 Å². The number of esters is 1. The summed E-state index contributed by atoms with van der Waals surface area (Å²) in [6.45, 7) is 3.54.